The summed E-state index contributed by atoms with van der Waals surface area (Å²) in [5.74, 6) is 7.63. The van der Waals surface area contributed by atoms with E-state index in [1.54, 1.807) is 0 Å². The first kappa shape index (κ1) is 11.7. The fourth-order valence-corrected chi connectivity index (χ4v) is 1.64. The number of hydrogen-bond acceptors (Lipinski definition) is 4. The topological polar surface area (TPSA) is 68.9 Å². The predicted octanol–water partition coefficient (Wildman–Crippen LogP) is 1.08. The van der Waals surface area contributed by atoms with Gasteiger partial charge < -0.3 is 14.9 Å². The molecule has 5 heteroatoms. The van der Waals surface area contributed by atoms with Crippen LogP contribution in [0.2, 0.25) is 0 Å². The molecule has 1 heterocycles. The second-order valence-electron chi connectivity index (χ2n) is 4.07. The van der Waals surface area contributed by atoms with Crippen LogP contribution in [0.4, 0.5) is 0 Å². The first-order chi connectivity index (χ1) is 8.20. The van der Waals surface area contributed by atoms with Crippen LogP contribution in [0.1, 0.15) is 19.4 Å². The number of aliphatic imine (C=N–C) groups is 1. The summed E-state index contributed by atoms with van der Waals surface area (Å²) in [6, 6.07) is 5.84. The Labute approximate surface area is 101 Å². The van der Waals surface area contributed by atoms with E-state index in [-0.39, 0.29) is 6.04 Å². The molecule has 0 saturated carbocycles. The Bertz CT molecular complexity index is 430. The largest absolute Gasteiger partial charge is 0.486 e. The number of ether oxygens (including phenoxy) is 2. The van der Waals surface area contributed by atoms with Crippen LogP contribution in [0.15, 0.2) is 23.2 Å². The average molecular weight is 235 g/mol. The van der Waals surface area contributed by atoms with Gasteiger partial charge in [0.2, 0.25) is 0 Å². The minimum Gasteiger partial charge on any atom is -0.486 e. The van der Waals surface area contributed by atoms with E-state index < -0.39 is 0 Å². The van der Waals surface area contributed by atoms with E-state index in [0.717, 1.165) is 17.1 Å². The molecule has 0 unspecified atom stereocenters. The van der Waals surface area contributed by atoms with Gasteiger partial charge in [0.05, 0.1) is 0 Å². The molecule has 1 aromatic carbocycles. The predicted molar refractivity (Wildman–Crippen MR) is 66.4 cm³/mol. The Hall–Kier alpha value is -1.75. The second-order valence-corrected chi connectivity index (χ2v) is 4.07. The minimum absolute atomic E-state index is 0.175. The third-order valence-corrected chi connectivity index (χ3v) is 2.34. The highest BCUT2D eigenvalue weighted by molar-refractivity contribution is 5.99. The molecule has 17 heavy (non-hydrogen) atoms. The molecule has 0 aromatic heterocycles. The van der Waals surface area contributed by atoms with E-state index in [0.29, 0.717) is 19.0 Å². The Balaban J connectivity index is 2.32. The molecular weight excluding hydrogens is 218 g/mol. The van der Waals surface area contributed by atoms with Gasteiger partial charge in [-0.2, -0.15) is 0 Å². The number of amidine groups is 1. The molecule has 0 amide bonds. The average Bonchev–Trinajstić information content (AvgIpc) is 2.35. The quantitative estimate of drug-likeness (QED) is 0.348. The SMILES string of the molecule is CC(C)N=C(NN)c1ccc2c(c1)OCCO2. The fraction of sp³-hybridized carbons (Fsp3) is 0.417. The maximum absolute atomic E-state index is 5.52. The minimum atomic E-state index is 0.175. The molecule has 0 spiro atoms. The van der Waals surface area contributed by atoms with Crippen LogP contribution in [-0.2, 0) is 0 Å². The van der Waals surface area contributed by atoms with Crippen molar-refractivity contribution in [2.75, 3.05) is 13.2 Å². The van der Waals surface area contributed by atoms with Gasteiger partial charge in [-0.25, -0.2) is 5.84 Å². The van der Waals surface area contributed by atoms with Crippen molar-refractivity contribution in [3.63, 3.8) is 0 Å². The zero-order valence-corrected chi connectivity index (χ0v) is 10.1. The Kier molecular flexibility index (Phi) is 3.49. The summed E-state index contributed by atoms with van der Waals surface area (Å²) in [5.41, 5.74) is 3.50. The molecule has 0 aliphatic carbocycles. The van der Waals surface area contributed by atoms with Crippen molar-refractivity contribution in [2.24, 2.45) is 10.8 Å². The summed E-state index contributed by atoms with van der Waals surface area (Å²) in [4.78, 5) is 4.40. The van der Waals surface area contributed by atoms with Gasteiger partial charge in [-0.05, 0) is 32.0 Å². The summed E-state index contributed by atoms with van der Waals surface area (Å²) in [6.45, 7) is 5.16. The van der Waals surface area contributed by atoms with Gasteiger partial charge in [-0.1, -0.05) is 0 Å². The zero-order chi connectivity index (χ0) is 12.3. The van der Waals surface area contributed by atoms with Crippen LogP contribution in [0, 0.1) is 0 Å². The standard InChI is InChI=1S/C12H17N3O2/c1-8(2)14-12(15-13)9-3-4-10-11(7-9)17-6-5-16-10/h3-4,7-8H,5-6,13H2,1-2H3,(H,14,15). The molecular formula is C12H17N3O2. The van der Waals surface area contributed by atoms with E-state index in [4.69, 9.17) is 15.3 Å². The molecule has 3 N–H and O–H groups in total. The second kappa shape index (κ2) is 5.05. The van der Waals surface area contributed by atoms with Crippen molar-refractivity contribution in [3.8, 4) is 11.5 Å². The molecule has 92 valence electrons. The van der Waals surface area contributed by atoms with E-state index in [9.17, 15) is 0 Å². The molecule has 5 nitrogen and oxygen atoms in total. The van der Waals surface area contributed by atoms with Crippen molar-refractivity contribution in [1.82, 2.24) is 5.43 Å². The van der Waals surface area contributed by atoms with Crippen LogP contribution in [0.3, 0.4) is 0 Å². The lowest BCUT2D eigenvalue weighted by molar-refractivity contribution is 0.171. The van der Waals surface area contributed by atoms with E-state index >= 15 is 0 Å². The summed E-state index contributed by atoms with van der Waals surface area (Å²) >= 11 is 0. The highest BCUT2D eigenvalue weighted by atomic mass is 16.6. The molecule has 0 fully saturated rings. The summed E-state index contributed by atoms with van der Waals surface area (Å²) in [7, 11) is 0. The third-order valence-electron chi connectivity index (χ3n) is 2.34. The van der Waals surface area contributed by atoms with Gasteiger partial charge in [-0.3, -0.25) is 4.99 Å². The van der Waals surface area contributed by atoms with Crippen LogP contribution >= 0.6 is 0 Å². The summed E-state index contributed by atoms with van der Waals surface area (Å²) in [6.07, 6.45) is 0. The van der Waals surface area contributed by atoms with Gasteiger partial charge in [0.15, 0.2) is 11.5 Å². The highest BCUT2D eigenvalue weighted by Gasteiger charge is 2.13. The van der Waals surface area contributed by atoms with Gasteiger partial charge in [0.1, 0.15) is 19.0 Å². The monoisotopic (exact) mass is 235 g/mol. The molecule has 1 aliphatic heterocycles. The Morgan fingerprint density at radius 2 is 2.00 bits per heavy atom. The summed E-state index contributed by atoms with van der Waals surface area (Å²) in [5, 5.41) is 0. The lowest BCUT2D eigenvalue weighted by Gasteiger charge is -2.19. The number of nitrogens with zero attached hydrogens (tertiary/aromatic N) is 1. The maximum atomic E-state index is 5.52. The lowest BCUT2D eigenvalue weighted by atomic mass is 10.1. The molecule has 0 saturated heterocycles. The molecule has 1 aromatic rings. The van der Waals surface area contributed by atoms with Crippen LogP contribution < -0.4 is 20.7 Å². The molecule has 0 atom stereocenters. The number of benzene rings is 1. The van der Waals surface area contributed by atoms with E-state index in [1.807, 2.05) is 32.0 Å². The van der Waals surface area contributed by atoms with Crippen LogP contribution in [0.5, 0.6) is 11.5 Å². The normalized spacial score (nSPS) is 14.9. The smallest absolute Gasteiger partial charge is 0.162 e. The maximum Gasteiger partial charge on any atom is 0.162 e. The Morgan fingerprint density at radius 3 is 2.65 bits per heavy atom. The molecule has 1 aliphatic rings. The van der Waals surface area contributed by atoms with E-state index in [1.165, 1.54) is 0 Å². The number of nitrogens with one attached hydrogen (secondary N) is 1. The van der Waals surface area contributed by atoms with Crippen LogP contribution in [-0.4, -0.2) is 25.1 Å². The zero-order valence-electron chi connectivity index (χ0n) is 10.1. The van der Waals surface area contributed by atoms with Crippen LogP contribution in [0.25, 0.3) is 0 Å². The van der Waals surface area contributed by atoms with Gasteiger partial charge in [-0.15, -0.1) is 0 Å². The van der Waals surface area contributed by atoms with Gasteiger partial charge in [0.25, 0.3) is 0 Å². The molecule has 0 radical (unpaired) electrons. The van der Waals surface area contributed by atoms with Crippen molar-refractivity contribution in [1.29, 1.82) is 0 Å². The van der Waals surface area contributed by atoms with Crippen molar-refractivity contribution in [2.45, 2.75) is 19.9 Å². The number of nitrogens with two attached hydrogens (primary N) is 1. The fourth-order valence-electron chi connectivity index (χ4n) is 1.64. The number of hydrogen-bond donors (Lipinski definition) is 2. The molecule has 0 bridgehead atoms. The number of hydrazine groups is 1. The number of rotatable bonds is 2. The molecule has 2 rings (SSSR count). The Morgan fingerprint density at radius 1 is 1.29 bits per heavy atom. The highest BCUT2D eigenvalue weighted by Crippen LogP contribution is 2.30. The summed E-state index contributed by atoms with van der Waals surface area (Å²) < 4.78 is 11.0. The van der Waals surface area contributed by atoms with Crippen molar-refractivity contribution >= 4 is 5.84 Å². The number of fused-ring (bicyclic) bond motifs is 1. The van der Waals surface area contributed by atoms with Gasteiger partial charge >= 0.3 is 0 Å². The van der Waals surface area contributed by atoms with Gasteiger partial charge in [0, 0.05) is 11.6 Å². The first-order valence-corrected chi connectivity index (χ1v) is 5.65. The first-order valence-electron chi connectivity index (χ1n) is 5.65. The lowest BCUT2D eigenvalue weighted by Crippen LogP contribution is -2.32. The third kappa shape index (κ3) is 2.68. The van der Waals surface area contributed by atoms with Crippen molar-refractivity contribution in [3.05, 3.63) is 23.8 Å². The van der Waals surface area contributed by atoms with E-state index in [2.05, 4.69) is 10.4 Å². The van der Waals surface area contributed by atoms with Crippen molar-refractivity contribution < 1.29 is 9.47 Å².